The van der Waals surface area contributed by atoms with Gasteiger partial charge in [-0.25, -0.2) is 4.39 Å². The van der Waals surface area contributed by atoms with E-state index in [9.17, 15) is 9.18 Å². The molecule has 2 aliphatic heterocycles. The molecule has 1 aromatic carbocycles. The molecule has 3 heterocycles. The maximum absolute atomic E-state index is 13.3. The summed E-state index contributed by atoms with van der Waals surface area (Å²) in [5, 5.41) is 7.64. The molecule has 25 heavy (non-hydrogen) atoms. The SMILES string of the molecule is CC1=C(C(=O)NCc2cc(-c3cccc(F)c3)no2)SC2=NCCN21. The van der Waals surface area contributed by atoms with Crippen molar-refractivity contribution >= 4 is 22.8 Å². The highest BCUT2D eigenvalue weighted by atomic mass is 32.2. The third-order valence-corrected chi connectivity index (χ3v) is 5.25. The molecular formula is C17H15FN4O2S. The molecular weight excluding hydrogens is 343 g/mol. The third kappa shape index (κ3) is 3.05. The number of rotatable bonds is 4. The fraction of sp³-hybridized carbons (Fsp3) is 0.235. The maximum Gasteiger partial charge on any atom is 0.260 e. The van der Waals surface area contributed by atoms with Crippen LogP contribution in [0.15, 0.2) is 50.4 Å². The van der Waals surface area contributed by atoms with Gasteiger partial charge < -0.3 is 14.7 Å². The quantitative estimate of drug-likeness (QED) is 0.910. The summed E-state index contributed by atoms with van der Waals surface area (Å²) in [5.74, 6) is 0.00879. The molecule has 8 heteroatoms. The van der Waals surface area contributed by atoms with Crippen molar-refractivity contribution in [3.05, 3.63) is 52.5 Å². The predicted molar refractivity (Wildman–Crippen MR) is 93.0 cm³/mol. The van der Waals surface area contributed by atoms with E-state index in [1.54, 1.807) is 18.2 Å². The molecule has 0 radical (unpaired) electrons. The van der Waals surface area contributed by atoms with E-state index >= 15 is 0 Å². The zero-order valence-electron chi connectivity index (χ0n) is 13.5. The second-order valence-corrected chi connectivity index (χ2v) is 6.68. The molecule has 0 bridgehead atoms. The number of allylic oxidation sites excluding steroid dienone is 1. The third-order valence-electron chi connectivity index (χ3n) is 4.04. The molecule has 0 saturated carbocycles. The number of amides is 1. The van der Waals surface area contributed by atoms with Crippen molar-refractivity contribution in [1.82, 2.24) is 15.4 Å². The van der Waals surface area contributed by atoms with Gasteiger partial charge in [-0.3, -0.25) is 9.79 Å². The van der Waals surface area contributed by atoms with Gasteiger partial charge in [-0.1, -0.05) is 17.3 Å². The largest absolute Gasteiger partial charge is 0.359 e. The summed E-state index contributed by atoms with van der Waals surface area (Å²) in [6.07, 6.45) is 0. The highest BCUT2D eigenvalue weighted by molar-refractivity contribution is 8.18. The lowest BCUT2D eigenvalue weighted by molar-refractivity contribution is -0.117. The van der Waals surface area contributed by atoms with Crippen molar-refractivity contribution in [2.45, 2.75) is 13.5 Å². The first-order chi connectivity index (χ1) is 12.1. The molecule has 0 aliphatic carbocycles. The van der Waals surface area contributed by atoms with Crippen LogP contribution in [-0.2, 0) is 11.3 Å². The van der Waals surface area contributed by atoms with Gasteiger partial charge in [0.15, 0.2) is 10.9 Å². The van der Waals surface area contributed by atoms with Crippen molar-refractivity contribution < 1.29 is 13.7 Å². The second-order valence-electron chi connectivity index (χ2n) is 5.70. The zero-order chi connectivity index (χ0) is 17.4. The van der Waals surface area contributed by atoms with E-state index < -0.39 is 0 Å². The number of aliphatic imine (C=N–C) groups is 1. The summed E-state index contributed by atoms with van der Waals surface area (Å²) in [6, 6.07) is 7.82. The summed E-state index contributed by atoms with van der Waals surface area (Å²) < 4.78 is 18.5. The second kappa shape index (κ2) is 6.36. The topological polar surface area (TPSA) is 70.7 Å². The first-order valence-electron chi connectivity index (χ1n) is 7.82. The van der Waals surface area contributed by atoms with Crippen LogP contribution in [0.1, 0.15) is 12.7 Å². The lowest BCUT2D eigenvalue weighted by Gasteiger charge is -2.11. The first-order valence-corrected chi connectivity index (χ1v) is 8.64. The Kier molecular flexibility index (Phi) is 4.04. The van der Waals surface area contributed by atoms with Crippen LogP contribution in [0.3, 0.4) is 0 Å². The fourth-order valence-electron chi connectivity index (χ4n) is 2.75. The van der Waals surface area contributed by atoms with Crippen LogP contribution in [0.2, 0.25) is 0 Å². The Balaban J connectivity index is 1.42. The number of nitrogens with one attached hydrogen (secondary N) is 1. The minimum atomic E-state index is -0.334. The van der Waals surface area contributed by atoms with Gasteiger partial charge in [0.2, 0.25) is 0 Å². The van der Waals surface area contributed by atoms with Crippen LogP contribution in [0, 0.1) is 5.82 Å². The van der Waals surface area contributed by atoms with Gasteiger partial charge in [-0.15, -0.1) is 0 Å². The van der Waals surface area contributed by atoms with Crippen LogP contribution in [0.5, 0.6) is 0 Å². The van der Waals surface area contributed by atoms with Crippen molar-refractivity contribution in [1.29, 1.82) is 0 Å². The van der Waals surface area contributed by atoms with E-state index in [1.165, 1.54) is 23.9 Å². The van der Waals surface area contributed by atoms with E-state index in [2.05, 4.69) is 20.4 Å². The average molecular weight is 358 g/mol. The minimum absolute atomic E-state index is 0.164. The Hall–Kier alpha value is -2.61. The number of fused-ring (bicyclic) bond motifs is 1. The van der Waals surface area contributed by atoms with E-state index in [1.807, 2.05) is 6.92 Å². The molecule has 0 atom stereocenters. The Labute approximate surface area is 147 Å². The molecule has 1 aromatic heterocycles. The molecule has 2 aromatic rings. The summed E-state index contributed by atoms with van der Waals surface area (Å²) in [4.78, 5) is 19.5. The molecule has 128 valence electrons. The van der Waals surface area contributed by atoms with E-state index in [0.29, 0.717) is 21.9 Å². The Morgan fingerprint density at radius 1 is 1.44 bits per heavy atom. The molecule has 2 aliphatic rings. The van der Waals surface area contributed by atoms with E-state index in [0.717, 1.165) is 24.0 Å². The zero-order valence-corrected chi connectivity index (χ0v) is 14.3. The summed E-state index contributed by atoms with van der Waals surface area (Å²) in [6.45, 7) is 3.73. The Bertz CT molecular complexity index is 906. The number of benzene rings is 1. The molecule has 0 fully saturated rings. The number of hydrogen-bond acceptors (Lipinski definition) is 6. The Morgan fingerprint density at radius 2 is 2.32 bits per heavy atom. The summed E-state index contributed by atoms with van der Waals surface area (Å²) in [5.41, 5.74) is 2.09. The number of carbonyl (C=O) groups is 1. The molecule has 4 rings (SSSR count). The van der Waals surface area contributed by atoms with Crippen molar-refractivity contribution in [3.8, 4) is 11.3 Å². The smallest absolute Gasteiger partial charge is 0.260 e. The van der Waals surface area contributed by atoms with Gasteiger partial charge in [-0.2, -0.15) is 0 Å². The number of thioether (sulfide) groups is 1. The molecule has 0 spiro atoms. The van der Waals surface area contributed by atoms with Gasteiger partial charge in [0.25, 0.3) is 5.91 Å². The monoisotopic (exact) mass is 358 g/mol. The predicted octanol–water partition coefficient (Wildman–Crippen LogP) is 2.75. The number of nitrogens with zero attached hydrogens (tertiary/aromatic N) is 3. The highest BCUT2D eigenvalue weighted by Crippen LogP contribution is 2.36. The van der Waals surface area contributed by atoms with E-state index in [-0.39, 0.29) is 18.3 Å². The van der Waals surface area contributed by atoms with Crippen molar-refractivity contribution in [2.75, 3.05) is 13.1 Å². The molecule has 0 unspecified atom stereocenters. The maximum atomic E-state index is 13.3. The lowest BCUT2D eigenvalue weighted by Crippen LogP contribution is -2.24. The van der Waals surface area contributed by atoms with Crippen LogP contribution in [0.25, 0.3) is 11.3 Å². The van der Waals surface area contributed by atoms with Gasteiger partial charge in [0.1, 0.15) is 11.5 Å². The van der Waals surface area contributed by atoms with Gasteiger partial charge in [0, 0.05) is 23.9 Å². The summed E-state index contributed by atoms with van der Waals surface area (Å²) in [7, 11) is 0. The number of hydrogen-bond donors (Lipinski definition) is 1. The van der Waals surface area contributed by atoms with Gasteiger partial charge >= 0.3 is 0 Å². The summed E-state index contributed by atoms with van der Waals surface area (Å²) >= 11 is 1.39. The van der Waals surface area contributed by atoms with Gasteiger partial charge in [-0.05, 0) is 30.8 Å². The fourth-order valence-corrected chi connectivity index (χ4v) is 3.85. The minimum Gasteiger partial charge on any atom is -0.359 e. The van der Waals surface area contributed by atoms with E-state index in [4.69, 9.17) is 4.52 Å². The van der Waals surface area contributed by atoms with Crippen molar-refractivity contribution in [3.63, 3.8) is 0 Å². The van der Waals surface area contributed by atoms with Gasteiger partial charge in [0.05, 0.1) is 18.0 Å². The van der Waals surface area contributed by atoms with Crippen molar-refractivity contribution in [2.24, 2.45) is 4.99 Å². The first kappa shape index (κ1) is 15.9. The number of aromatic nitrogens is 1. The number of carbonyl (C=O) groups excluding carboxylic acids is 1. The number of amidine groups is 1. The average Bonchev–Trinajstić information content (AvgIpc) is 3.31. The van der Waals surface area contributed by atoms with Crippen LogP contribution in [0.4, 0.5) is 4.39 Å². The molecule has 6 nitrogen and oxygen atoms in total. The molecule has 1 N–H and O–H groups in total. The normalized spacial score (nSPS) is 16.2. The Morgan fingerprint density at radius 3 is 3.12 bits per heavy atom. The standard InChI is InChI=1S/C17H15FN4O2S/c1-10-15(25-17-19-5-6-22(10)17)16(23)20-9-13-8-14(21-24-13)11-3-2-4-12(18)7-11/h2-4,7-8H,5-6,9H2,1H3,(H,20,23). The highest BCUT2D eigenvalue weighted by Gasteiger charge is 2.32. The lowest BCUT2D eigenvalue weighted by atomic mass is 10.1. The number of halogens is 1. The molecule has 1 amide bonds. The van der Waals surface area contributed by atoms with Crippen LogP contribution < -0.4 is 5.32 Å². The van der Waals surface area contributed by atoms with Crippen LogP contribution in [-0.4, -0.2) is 34.2 Å². The van der Waals surface area contributed by atoms with Crippen LogP contribution >= 0.6 is 11.8 Å². The molecule has 0 saturated heterocycles.